The number of ether oxygens (including phenoxy) is 1. The van der Waals surface area contributed by atoms with Gasteiger partial charge in [-0.3, -0.25) is 29.5 Å². The van der Waals surface area contributed by atoms with Crippen molar-refractivity contribution in [3.05, 3.63) is 41.4 Å². The Morgan fingerprint density at radius 2 is 2.05 bits per heavy atom. The van der Waals surface area contributed by atoms with Crippen molar-refractivity contribution in [1.82, 2.24) is 10.6 Å². The van der Waals surface area contributed by atoms with Gasteiger partial charge in [0.25, 0.3) is 0 Å². The molecule has 0 bridgehead atoms. The number of hydroxylamine groups is 1. The molecule has 0 fully saturated rings. The fourth-order valence-corrected chi connectivity index (χ4v) is 4.91. The first-order valence-corrected chi connectivity index (χ1v) is 12.9. The molecular formula is C27H36N2O9. The van der Waals surface area contributed by atoms with Crippen LogP contribution in [0.2, 0.25) is 0 Å². The number of nitrogens with zero attached hydrogens (tertiary/aromatic N) is 1. The van der Waals surface area contributed by atoms with Gasteiger partial charge < -0.3 is 19.5 Å². The smallest absolute Gasteiger partial charge is 0.308 e. The van der Waals surface area contributed by atoms with Gasteiger partial charge >= 0.3 is 11.9 Å². The van der Waals surface area contributed by atoms with Gasteiger partial charge in [-0.15, -0.1) is 0 Å². The Kier molecular flexibility index (Phi) is 10.4. The van der Waals surface area contributed by atoms with E-state index in [2.05, 4.69) is 10.6 Å². The molecule has 208 valence electrons. The van der Waals surface area contributed by atoms with Crippen LogP contribution >= 0.6 is 0 Å². The zero-order chi connectivity index (χ0) is 27.8. The summed E-state index contributed by atoms with van der Waals surface area (Å²) >= 11 is 0. The van der Waals surface area contributed by atoms with E-state index in [4.69, 9.17) is 19.2 Å². The van der Waals surface area contributed by atoms with E-state index in [0.717, 1.165) is 5.56 Å². The van der Waals surface area contributed by atoms with E-state index < -0.39 is 30.5 Å². The number of esters is 1. The number of carboxylic acids is 1. The molecule has 11 nitrogen and oxygen atoms in total. The van der Waals surface area contributed by atoms with Crippen molar-refractivity contribution in [2.45, 2.75) is 78.1 Å². The van der Waals surface area contributed by atoms with E-state index in [1.165, 1.54) is 12.5 Å². The highest BCUT2D eigenvalue weighted by Gasteiger charge is 2.45. The monoisotopic (exact) mass is 532 g/mol. The lowest BCUT2D eigenvalue weighted by atomic mass is 9.65. The quantitative estimate of drug-likeness (QED) is 0.238. The Labute approximate surface area is 221 Å². The first-order valence-electron chi connectivity index (χ1n) is 12.9. The second-order valence-corrected chi connectivity index (χ2v) is 10.1. The van der Waals surface area contributed by atoms with Gasteiger partial charge in [0, 0.05) is 36.7 Å². The van der Waals surface area contributed by atoms with E-state index in [1.54, 1.807) is 19.9 Å². The molecule has 38 heavy (non-hydrogen) atoms. The van der Waals surface area contributed by atoms with Gasteiger partial charge in [0.15, 0.2) is 5.78 Å². The third kappa shape index (κ3) is 7.61. The number of aliphatic carboxylic acids is 1. The lowest BCUT2D eigenvalue weighted by Gasteiger charge is -2.43. The molecule has 3 rings (SSSR count). The van der Waals surface area contributed by atoms with Gasteiger partial charge in [-0.1, -0.05) is 32.0 Å². The normalized spacial score (nSPS) is 24.5. The SMILES string of the molecule is CCC(C)C(=O)OC1CC=C(NOCc2cnoc2)C2=CC(=O)C(C)C(CCC(=O)CC(O)CC(=O)O)C21. The van der Waals surface area contributed by atoms with Crippen LogP contribution in [0.4, 0.5) is 0 Å². The molecule has 0 spiro atoms. The third-order valence-corrected chi connectivity index (χ3v) is 7.29. The van der Waals surface area contributed by atoms with Crippen LogP contribution in [-0.4, -0.2) is 51.1 Å². The molecule has 11 heteroatoms. The fraction of sp³-hybridized carbons (Fsp3) is 0.593. The first-order chi connectivity index (χ1) is 18.1. The van der Waals surface area contributed by atoms with Gasteiger partial charge in [-0.05, 0) is 30.4 Å². The first kappa shape index (κ1) is 29.2. The Morgan fingerprint density at radius 3 is 2.71 bits per heavy atom. The summed E-state index contributed by atoms with van der Waals surface area (Å²) in [6.07, 6.45) is 5.19. The van der Waals surface area contributed by atoms with E-state index in [9.17, 15) is 24.3 Å². The molecule has 0 saturated carbocycles. The third-order valence-electron chi connectivity index (χ3n) is 7.29. The molecule has 6 atom stereocenters. The van der Waals surface area contributed by atoms with Gasteiger partial charge in [0.1, 0.15) is 24.8 Å². The predicted molar refractivity (Wildman–Crippen MR) is 133 cm³/mol. The Balaban J connectivity index is 1.79. The number of carboxylic acid groups (broad SMARTS) is 1. The van der Waals surface area contributed by atoms with E-state index >= 15 is 0 Å². The minimum absolute atomic E-state index is 0.0608. The number of Topliss-reactive ketones (excluding diaryl/α,β-unsaturated/α-hetero) is 1. The lowest BCUT2D eigenvalue weighted by molar-refractivity contribution is -0.157. The van der Waals surface area contributed by atoms with Crippen molar-refractivity contribution < 1.29 is 43.5 Å². The van der Waals surface area contributed by atoms with Crippen LogP contribution in [0, 0.1) is 23.7 Å². The van der Waals surface area contributed by atoms with Crippen molar-refractivity contribution in [2.24, 2.45) is 23.7 Å². The highest BCUT2D eigenvalue weighted by atomic mass is 16.6. The topological polar surface area (TPSA) is 165 Å². The van der Waals surface area contributed by atoms with Crippen LogP contribution in [0.3, 0.4) is 0 Å². The molecule has 6 unspecified atom stereocenters. The summed E-state index contributed by atoms with van der Waals surface area (Å²) in [4.78, 5) is 54.7. The molecular weight excluding hydrogens is 496 g/mol. The number of nitrogens with one attached hydrogen (secondary N) is 1. The fourth-order valence-electron chi connectivity index (χ4n) is 4.91. The number of aliphatic hydroxyl groups excluding tert-OH is 1. The highest BCUT2D eigenvalue weighted by Crippen LogP contribution is 2.45. The number of fused-ring (bicyclic) bond motifs is 1. The number of aliphatic hydroxyl groups is 1. The zero-order valence-electron chi connectivity index (χ0n) is 21.9. The second-order valence-electron chi connectivity index (χ2n) is 10.1. The van der Waals surface area contributed by atoms with Crippen LogP contribution in [0.25, 0.3) is 0 Å². The molecule has 1 aromatic rings. The standard InChI is InChI=1S/C27H36N2O9/c1-4-15(2)27(35)38-24-8-7-22(29-37-14-17-12-28-36-13-17)21-11-23(32)16(3)20(26(21)24)6-5-18(30)9-19(31)10-25(33)34/h7,11-13,15-16,19-20,24,26,29,31H,4-6,8-10,14H2,1-3H3,(H,33,34). The average Bonchev–Trinajstić information content (AvgIpc) is 3.38. The van der Waals surface area contributed by atoms with Crippen molar-refractivity contribution >= 4 is 23.5 Å². The van der Waals surface area contributed by atoms with Crippen molar-refractivity contribution in [2.75, 3.05) is 0 Å². The highest BCUT2D eigenvalue weighted by molar-refractivity contribution is 5.94. The number of aromatic nitrogens is 1. The summed E-state index contributed by atoms with van der Waals surface area (Å²) in [5.41, 5.74) is 4.87. The van der Waals surface area contributed by atoms with E-state index in [0.29, 0.717) is 30.5 Å². The molecule has 0 aliphatic heterocycles. The van der Waals surface area contributed by atoms with Gasteiger partial charge in [-0.2, -0.15) is 0 Å². The van der Waals surface area contributed by atoms with Gasteiger partial charge in [0.05, 0.1) is 30.3 Å². The molecule has 0 radical (unpaired) electrons. The maximum atomic E-state index is 13.0. The molecule has 3 N–H and O–H groups in total. The average molecular weight is 533 g/mol. The summed E-state index contributed by atoms with van der Waals surface area (Å²) in [6, 6.07) is 0. The molecule has 2 aliphatic rings. The predicted octanol–water partition coefficient (Wildman–Crippen LogP) is 2.89. The number of rotatable bonds is 14. The lowest BCUT2D eigenvalue weighted by Crippen LogP contribution is -2.45. The summed E-state index contributed by atoms with van der Waals surface area (Å²) in [5, 5.41) is 22.3. The molecule has 0 amide bonds. The van der Waals surface area contributed by atoms with E-state index in [-0.39, 0.29) is 54.7 Å². The van der Waals surface area contributed by atoms with E-state index in [1.807, 2.05) is 13.0 Å². The molecule has 2 aliphatic carbocycles. The number of carbonyl (C=O) groups is 4. The molecule has 1 heterocycles. The number of ketones is 2. The van der Waals surface area contributed by atoms with Crippen molar-refractivity contribution in [1.29, 1.82) is 0 Å². The Bertz CT molecular complexity index is 1060. The molecule has 0 aromatic carbocycles. The van der Waals surface area contributed by atoms with Crippen LogP contribution < -0.4 is 5.48 Å². The van der Waals surface area contributed by atoms with Crippen molar-refractivity contribution in [3.63, 3.8) is 0 Å². The maximum Gasteiger partial charge on any atom is 0.308 e. The zero-order valence-corrected chi connectivity index (χ0v) is 21.9. The summed E-state index contributed by atoms with van der Waals surface area (Å²) in [5.74, 6) is -3.29. The summed E-state index contributed by atoms with van der Waals surface area (Å²) in [6.45, 7) is 5.67. The number of carbonyl (C=O) groups excluding carboxylic acids is 3. The number of allylic oxidation sites excluding steroid dienone is 2. The van der Waals surface area contributed by atoms with Crippen LogP contribution in [0.5, 0.6) is 0 Å². The maximum absolute atomic E-state index is 13.0. The number of hydrogen-bond donors (Lipinski definition) is 3. The van der Waals surface area contributed by atoms with Crippen LogP contribution in [-0.2, 0) is 35.4 Å². The van der Waals surface area contributed by atoms with Crippen LogP contribution in [0.1, 0.15) is 64.9 Å². The van der Waals surface area contributed by atoms with Crippen LogP contribution in [0.15, 0.2) is 40.4 Å². The summed E-state index contributed by atoms with van der Waals surface area (Å²) < 4.78 is 10.7. The van der Waals surface area contributed by atoms with Gasteiger partial charge in [0.2, 0.25) is 0 Å². The molecule has 1 aromatic heterocycles. The Hall–Kier alpha value is -3.31. The minimum atomic E-state index is -1.26. The minimum Gasteiger partial charge on any atom is -0.481 e. The molecule has 0 saturated heterocycles. The Morgan fingerprint density at radius 1 is 1.29 bits per heavy atom. The summed E-state index contributed by atoms with van der Waals surface area (Å²) in [7, 11) is 0. The number of hydrogen-bond acceptors (Lipinski definition) is 10. The second kappa shape index (κ2) is 13.5. The van der Waals surface area contributed by atoms with Crippen molar-refractivity contribution in [3.8, 4) is 0 Å². The largest absolute Gasteiger partial charge is 0.481 e. The van der Waals surface area contributed by atoms with Gasteiger partial charge in [-0.25, -0.2) is 0 Å².